The van der Waals surface area contributed by atoms with E-state index in [-0.39, 0.29) is 23.7 Å². The SMILES string of the molecule is CCOC(=O)c1cnc(SC)nc1NC(=O)Nc1ccc(C)c(F)c1. The monoisotopic (exact) mass is 364 g/mol. The average molecular weight is 364 g/mol. The first kappa shape index (κ1) is 18.7. The molecule has 0 spiro atoms. The van der Waals surface area contributed by atoms with Crippen molar-refractivity contribution in [2.24, 2.45) is 0 Å². The van der Waals surface area contributed by atoms with Gasteiger partial charge in [-0.1, -0.05) is 17.8 Å². The van der Waals surface area contributed by atoms with Gasteiger partial charge in [-0.2, -0.15) is 0 Å². The van der Waals surface area contributed by atoms with Crippen molar-refractivity contribution >= 4 is 35.3 Å². The van der Waals surface area contributed by atoms with Crippen molar-refractivity contribution in [3.05, 3.63) is 41.3 Å². The van der Waals surface area contributed by atoms with Gasteiger partial charge in [0.2, 0.25) is 0 Å². The maximum absolute atomic E-state index is 13.6. The number of halogens is 1. The van der Waals surface area contributed by atoms with Crippen LogP contribution in [0.4, 0.5) is 20.7 Å². The van der Waals surface area contributed by atoms with E-state index < -0.39 is 17.8 Å². The Kier molecular flexibility index (Phi) is 6.29. The zero-order chi connectivity index (χ0) is 18.4. The minimum Gasteiger partial charge on any atom is -0.462 e. The molecule has 0 saturated heterocycles. The minimum atomic E-state index is -0.667. The number of amides is 2. The lowest BCUT2D eigenvalue weighted by Gasteiger charge is -2.11. The molecule has 2 amide bonds. The Balaban J connectivity index is 2.20. The molecule has 0 aliphatic rings. The number of rotatable bonds is 5. The largest absolute Gasteiger partial charge is 0.462 e. The number of esters is 1. The molecule has 0 unspecified atom stereocenters. The molecule has 25 heavy (non-hydrogen) atoms. The highest BCUT2D eigenvalue weighted by atomic mass is 32.2. The van der Waals surface area contributed by atoms with Gasteiger partial charge in [0, 0.05) is 11.9 Å². The highest BCUT2D eigenvalue weighted by molar-refractivity contribution is 7.98. The zero-order valence-corrected chi connectivity index (χ0v) is 14.7. The fourth-order valence-corrected chi connectivity index (χ4v) is 2.20. The molecule has 2 N–H and O–H groups in total. The Bertz CT molecular complexity index is 801. The summed E-state index contributed by atoms with van der Waals surface area (Å²) in [4.78, 5) is 32.2. The van der Waals surface area contributed by atoms with Crippen LogP contribution < -0.4 is 10.6 Å². The molecule has 0 radical (unpaired) electrons. The molecule has 132 valence electrons. The fraction of sp³-hybridized carbons (Fsp3) is 0.250. The third-order valence-corrected chi connectivity index (χ3v) is 3.67. The van der Waals surface area contributed by atoms with Crippen LogP contribution in [-0.2, 0) is 4.74 Å². The predicted molar refractivity (Wildman–Crippen MR) is 93.5 cm³/mol. The number of carbonyl (C=O) groups is 2. The smallest absolute Gasteiger partial charge is 0.343 e. The number of benzene rings is 1. The number of nitrogens with zero attached hydrogens (tertiary/aromatic N) is 2. The summed E-state index contributed by atoms with van der Waals surface area (Å²) in [7, 11) is 0. The van der Waals surface area contributed by atoms with Crippen molar-refractivity contribution in [3.8, 4) is 0 Å². The molecule has 1 aromatic heterocycles. The van der Waals surface area contributed by atoms with Crippen LogP contribution in [-0.4, -0.2) is 34.8 Å². The van der Waals surface area contributed by atoms with E-state index in [1.165, 1.54) is 24.0 Å². The summed E-state index contributed by atoms with van der Waals surface area (Å²) in [6, 6.07) is 3.65. The number of carbonyl (C=O) groups excluding carboxylic acids is 2. The van der Waals surface area contributed by atoms with Gasteiger partial charge in [-0.15, -0.1) is 0 Å². The number of aryl methyl sites for hydroxylation is 1. The lowest BCUT2D eigenvalue weighted by molar-refractivity contribution is 0.0526. The van der Waals surface area contributed by atoms with Crippen molar-refractivity contribution in [1.82, 2.24) is 9.97 Å². The van der Waals surface area contributed by atoms with Crippen LogP contribution in [0.1, 0.15) is 22.8 Å². The summed E-state index contributed by atoms with van der Waals surface area (Å²) in [6.07, 6.45) is 3.05. The fourth-order valence-electron chi connectivity index (χ4n) is 1.86. The average Bonchev–Trinajstić information content (AvgIpc) is 2.58. The molecule has 1 aromatic carbocycles. The summed E-state index contributed by atoms with van der Waals surface area (Å²) in [5.74, 6) is -1.06. The van der Waals surface area contributed by atoms with E-state index in [0.717, 1.165) is 0 Å². The van der Waals surface area contributed by atoms with E-state index in [9.17, 15) is 14.0 Å². The number of urea groups is 1. The summed E-state index contributed by atoms with van der Waals surface area (Å²) in [6.45, 7) is 3.47. The van der Waals surface area contributed by atoms with Crippen molar-refractivity contribution in [1.29, 1.82) is 0 Å². The first-order chi connectivity index (χ1) is 11.9. The standard InChI is InChI=1S/C16H17FN4O3S/c1-4-24-14(22)11-8-18-16(25-3)21-13(11)20-15(23)19-10-6-5-9(2)12(17)7-10/h5-8H,4H2,1-3H3,(H2,18,19,20,21,23). The Labute approximate surface area is 148 Å². The highest BCUT2D eigenvalue weighted by Gasteiger charge is 2.18. The third kappa shape index (κ3) is 4.90. The Hall–Kier alpha value is -2.68. The quantitative estimate of drug-likeness (QED) is 0.479. The van der Waals surface area contributed by atoms with Gasteiger partial charge in [0.15, 0.2) is 11.0 Å². The molecule has 9 heteroatoms. The summed E-state index contributed by atoms with van der Waals surface area (Å²) in [5, 5.41) is 5.33. The van der Waals surface area contributed by atoms with Gasteiger partial charge in [-0.05, 0) is 37.8 Å². The number of thioether (sulfide) groups is 1. The summed E-state index contributed by atoms with van der Waals surface area (Å²) >= 11 is 1.26. The van der Waals surface area contributed by atoms with Gasteiger partial charge in [0.05, 0.1) is 6.61 Å². The van der Waals surface area contributed by atoms with Gasteiger partial charge in [-0.25, -0.2) is 23.9 Å². The van der Waals surface area contributed by atoms with Crippen LogP contribution in [0.5, 0.6) is 0 Å². The van der Waals surface area contributed by atoms with Crippen LogP contribution in [0.3, 0.4) is 0 Å². The first-order valence-electron chi connectivity index (χ1n) is 7.37. The Morgan fingerprint density at radius 1 is 1.32 bits per heavy atom. The summed E-state index contributed by atoms with van der Waals surface area (Å²) in [5.41, 5.74) is 0.776. The minimum absolute atomic E-state index is 0.0166. The first-order valence-corrected chi connectivity index (χ1v) is 8.59. The second-order valence-corrected chi connectivity index (χ2v) is 5.66. The topological polar surface area (TPSA) is 93.2 Å². The van der Waals surface area contributed by atoms with Crippen LogP contribution in [0.25, 0.3) is 0 Å². The molecule has 2 aromatic rings. The Morgan fingerprint density at radius 3 is 2.72 bits per heavy atom. The van der Waals surface area contributed by atoms with Crippen molar-refractivity contribution in [2.45, 2.75) is 19.0 Å². The van der Waals surface area contributed by atoms with Gasteiger partial charge < -0.3 is 10.1 Å². The van der Waals surface area contributed by atoms with E-state index >= 15 is 0 Å². The van der Waals surface area contributed by atoms with E-state index in [2.05, 4.69) is 20.6 Å². The molecule has 0 saturated carbocycles. The zero-order valence-electron chi connectivity index (χ0n) is 13.9. The van der Waals surface area contributed by atoms with Crippen LogP contribution in [0.2, 0.25) is 0 Å². The van der Waals surface area contributed by atoms with E-state index in [1.807, 2.05) is 0 Å². The second kappa shape index (κ2) is 8.43. The van der Waals surface area contributed by atoms with E-state index in [4.69, 9.17) is 4.74 Å². The van der Waals surface area contributed by atoms with Gasteiger partial charge in [0.1, 0.15) is 11.4 Å². The van der Waals surface area contributed by atoms with Crippen LogP contribution >= 0.6 is 11.8 Å². The van der Waals surface area contributed by atoms with Crippen molar-refractivity contribution in [3.63, 3.8) is 0 Å². The second-order valence-electron chi connectivity index (χ2n) is 4.88. The lowest BCUT2D eigenvalue weighted by atomic mass is 10.2. The number of hydrogen-bond acceptors (Lipinski definition) is 6. The van der Waals surface area contributed by atoms with Crippen molar-refractivity contribution in [2.75, 3.05) is 23.5 Å². The summed E-state index contributed by atoms with van der Waals surface area (Å²) < 4.78 is 18.5. The van der Waals surface area contributed by atoms with Gasteiger partial charge >= 0.3 is 12.0 Å². The highest BCUT2D eigenvalue weighted by Crippen LogP contribution is 2.19. The molecule has 0 bridgehead atoms. The maximum atomic E-state index is 13.6. The molecule has 0 atom stereocenters. The molecule has 0 aliphatic carbocycles. The maximum Gasteiger partial charge on any atom is 0.343 e. The third-order valence-electron chi connectivity index (χ3n) is 3.11. The Morgan fingerprint density at radius 2 is 2.08 bits per heavy atom. The molecule has 2 rings (SSSR count). The number of ether oxygens (including phenoxy) is 1. The van der Waals surface area contributed by atoms with E-state index in [1.54, 1.807) is 32.2 Å². The number of nitrogens with one attached hydrogen (secondary N) is 2. The molecule has 1 heterocycles. The molecular weight excluding hydrogens is 347 g/mol. The number of aromatic nitrogens is 2. The molecule has 0 fully saturated rings. The van der Waals surface area contributed by atoms with Gasteiger partial charge in [0.25, 0.3) is 0 Å². The predicted octanol–water partition coefficient (Wildman–Crippen LogP) is 3.47. The van der Waals surface area contributed by atoms with Gasteiger partial charge in [-0.3, -0.25) is 5.32 Å². The lowest BCUT2D eigenvalue weighted by Crippen LogP contribution is -2.23. The molecular formula is C16H17FN4O3S. The number of hydrogen-bond donors (Lipinski definition) is 2. The van der Waals surface area contributed by atoms with Crippen molar-refractivity contribution < 1.29 is 18.7 Å². The van der Waals surface area contributed by atoms with E-state index in [0.29, 0.717) is 10.7 Å². The molecule has 7 nitrogen and oxygen atoms in total. The van der Waals surface area contributed by atoms with Crippen LogP contribution in [0.15, 0.2) is 29.6 Å². The van der Waals surface area contributed by atoms with Crippen LogP contribution in [0, 0.1) is 12.7 Å². The number of anilines is 2. The normalized spacial score (nSPS) is 10.2. The molecule has 0 aliphatic heterocycles.